The maximum absolute atomic E-state index is 6.44. The van der Waals surface area contributed by atoms with Crippen molar-refractivity contribution < 1.29 is 9.31 Å². The summed E-state index contributed by atoms with van der Waals surface area (Å²) >= 11 is 0. The Kier molecular flexibility index (Phi) is 6.92. The molecule has 1 aliphatic heterocycles. The number of benzene rings is 2. The minimum Gasteiger partial charge on any atom is -0.399 e. The molecule has 2 aromatic carbocycles. The van der Waals surface area contributed by atoms with Crippen LogP contribution in [0.2, 0.25) is 0 Å². The van der Waals surface area contributed by atoms with E-state index >= 15 is 0 Å². The van der Waals surface area contributed by atoms with Crippen LogP contribution in [0, 0.1) is 0 Å². The molecule has 5 rings (SSSR count). The van der Waals surface area contributed by atoms with Crippen molar-refractivity contribution in [3.8, 4) is 0 Å². The van der Waals surface area contributed by atoms with Crippen LogP contribution in [0.3, 0.4) is 0 Å². The van der Waals surface area contributed by atoms with Gasteiger partial charge in [-0.1, -0.05) is 67.8 Å². The van der Waals surface area contributed by atoms with Crippen LogP contribution >= 0.6 is 0 Å². The maximum atomic E-state index is 6.44. The molecule has 3 heterocycles. The zero-order chi connectivity index (χ0) is 27.9. The summed E-state index contributed by atoms with van der Waals surface area (Å²) in [5.41, 5.74) is 5.56. The molecule has 0 atom stereocenters. The third-order valence-corrected chi connectivity index (χ3v) is 7.89. The van der Waals surface area contributed by atoms with Crippen LogP contribution < -0.4 is 5.46 Å². The number of aromatic nitrogens is 2. The fourth-order valence-electron chi connectivity index (χ4n) is 5.41. The van der Waals surface area contributed by atoms with Gasteiger partial charge in [0.15, 0.2) is 0 Å². The van der Waals surface area contributed by atoms with Crippen LogP contribution in [0.15, 0.2) is 104 Å². The largest absolute Gasteiger partial charge is 0.494 e. The van der Waals surface area contributed by atoms with Crippen LogP contribution in [0.1, 0.15) is 41.5 Å². The second-order valence-electron chi connectivity index (χ2n) is 10.9. The topological polar surface area (TPSA) is 28.3 Å². The zero-order valence-corrected chi connectivity index (χ0v) is 23.9. The van der Waals surface area contributed by atoms with Crippen molar-refractivity contribution in [1.82, 2.24) is 9.13 Å². The fourth-order valence-corrected chi connectivity index (χ4v) is 5.41. The molecule has 0 spiro atoms. The van der Waals surface area contributed by atoms with E-state index in [0.29, 0.717) is 0 Å². The summed E-state index contributed by atoms with van der Waals surface area (Å²) in [5.74, 6) is 0. The summed E-state index contributed by atoms with van der Waals surface area (Å²) in [6.07, 6.45) is 16.1. The summed E-state index contributed by atoms with van der Waals surface area (Å²) in [6, 6.07) is 15.1. The summed E-state index contributed by atoms with van der Waals surface area (Å²) in [5, 5.41) is 3.50. The van der Waals surface area contributed by atoms with E-state index in [-0.39, 0.29) is 0 Å². The lowest BCUT2D eigenvalue weighted by atomic mass is 9.78. The van der Waals surface area contributed by atoms with E-state index in [2.05, 4.69) is 129 Å². The summed E-state index contributed by atoms with van der Waals surface area (Å²) in [7, 11) is -0.441. The highest BCUT2D eigenvalue weighted by atomic mass is 16.7. The number of fused-ring (bicyclic) bond motifs is 5. The van der Waals surface area contributed by atoms with Gasteiger partial charge in [0.25, 0.3) is 0 Å². The number of rotatable bonds is 7. The number of hydrogen-bond acceptors (Lipinski definition) is 2. The fraction of sp³-hybridized carbons (Fsp3) is 0.235. The van der Waals surface area contributed by atoms with Crippen molar-refractivity contribution in [2.24, 2.45) is 0 Å². The highest BCUT2D eigenvalue weighted by molar-refractivity contribution is 6.62. The van der Waals surface area contributed by atoms with Crippen molar-refractivity contribution >= 4 is 56.8 Å². The Morgan fingerprint density at radius 3 is 1.85 bits per heavy atom. The Labute approximate surface area is 232 Å². The highest BCUT2D eigenvalue weighted by Crippen LogP contribution is 2.42. The Morgan fingerprint density at radius 1 is 0.769 bits per heavy atom. The zero-order valence-electron chi connectivity index (χ0n) is 23.9. The van der Waals surface area contributed by atoms with Crippen molar-refractivity contribution in [3.05, 3.63) is 104 Å². The van der Waals surface area contributed by atoms with Gasteiger partial charge in [0, 0.05) is 27.6 Å². The van der Waals surface area contributed by atoms with Crippen molar-refractivity contribution in [2.45, 2.75) is 52.7 Å². The van der Waals surface area contributed by atoms with E-state index in [1.807, 2.05) is 26.0 Å². The highest BCUT2D eigenvalue weighted by Gasteiger charge is 2.51. The van der Waals surface area contributed by atoms with Gasteiger partial charge in [-0.3, -0.25) is 9.13 Å². The normalized spacial score (nSPS) is 17.9. The Bertz CT molecular complexity index is 1710. The van der Waals surface area contributed by atoms with E-state index in [1.54, 1.807) is 0 Å². The van der Waals surface area contributed by atoms with E-state index in [4.69, 9.17) is 9.31 Å². The van der Waals surface area contributed by atoms with E-state index in [9.17, 15) is 0 Å². The van der Waals surface area contributed by atoms with Gasteiger partial charge in [-0.2, -0.15) is 0 Å². The van der Waals surface area contributed by atoms with Crippen LogP contribution in [-0.4, -0.2) is 27.5 Å². The lowest BCUT2D eigenvalue weighted by molar-refractivity contribution is 0.00578. The lowest BCUT2D eigenvalue weighted by Crippen LogP contribution is -2.41. The van der Waals surface area contributed by atoms with Crippen LogP contribution in [-0.2, 0) is 9.31 Å². The second kappa shape index (κ2) is 10.1. The first-order chi connectivity index (χ1) is 18.7. The Balaban J connectivity index is 1.94. The van der Waals surface area contributed by atoms with Crippen LogP contribution in [0.25, 0.3) is 44.2 Å². The summed E-state index contributed by atoms with van der Waals surface area (Å²) in [6.45, 7) is 20.4. The predicted octanol–water partition coefficient (Wildman–Crippen LogP) is 8.25. The van der Waals surface area contributed by atoms with Gasteiger partial charge in [-0.05, 0) is 83.4 Å². The molecule has 4 nitrogen and oxygen atoms in total. The van der Waals surface area contributed by atoms with Crippen molar-refractivity contribution in [1.29, 1.82) is 0 Å². The smallest absolute Gasteiger partial charge is 0.399 e. The molecule has 2 aromatic heterocycles. The predicted molar refractivity (Wildman–Crippen MR) is 169 cm³/mol. The molecule has 5 heteroatoms. The average molecular weight is 516 g/mol. The molecule has 0 aliphatic carbocycles. The third kappa shape index (κ3) is 4.26. The van der Waals surface area contributed by atoms with Gasteiger partial charge in [-0.15, -0.1) is 0 Å². The molecule has 0 saturated carbocycles. The summed E-state index contributed by atoms with van der Waals surface area (Å²) < 4.78 is 17.5. The quantitative estimate of drug-likeness (QED) is 0.183. The molecule has 0 unspecified atom stereocenters. The molecule has 0 amide bonds. The van der Waals surface area contributed by atoms with E-state index in [0.717, 1.165) is 38.9 Å². The standard InChI is InChI=1S/C34H37BN2O2/c1-9-15-25(16-10-2)36-29-20-14-13-19-27(29)31-28-23-24(35-38-33(5,6)34(7,8)39-35)21-22-30(28)37(32(31)36)26(17-11-3)18-12-4/h9-23H,1,3H2,2,4-8H3/b16-10-,18-12-,25-15+,26-17+. The second-order valence-corrected chi connectivity index (χ2v) is 10.9. The van der Waals surface area contributed by atoms with Gasteiger partial charge in [0.2, 0.25) is 0 Å². The third-order valence-electron chi connectivity index (χ3n) is 7.89. The first kappa shape index (κ1) is 26.8. The first-order valence-electron chi connectivity index (χ1n) is 13.5. The van der Waals surface area contributed by atoms with Gasteiger partial charge >= 0.3 is 7.12 Å². The Morgan fingerprint density at radius 2 is 1.31 bits per heavy atom. The number of nitrogens with zero attached hydrogens (tertiary/aromatic N) is 2. The number of para-hydroxylation sites is 1. The SMILES string of the molecule is C=C/C=C(\C=C/C)n1c2ccccc2c2c3cc(B4OC(C)(C)C(C)(C)O4)ccc3n(C(/C=C\C)=C/C=C)c21. The molecule has 1 aliphatic rings. The number of hydrogen-bond donors (Lipinski definition) is 0. The molecule has 0 bridgehead atoms. The minimum absolute atomic E-state index is 0.410. The van der Waals surface area contributed by atoms with Gasteiger partial charge in [0.1, 0.15) is 5.65 Å². The molecule has 0 N–H and O–H groups in total. The first-order valence-corrected chi connectivity index (χ1v) is 13.5. The monoisotopic (exact) mass is 516 g/mol. The molecule has 39 heavy (non-hydrogen) atoms. The van der Waals surface area contributed by atoms with Gasteiger partial charge < -0.3 is 9.31 Å². The van der Waals surface area contributed by atoms with Gasteiger partial charge in [0.05, 0.1) is 22.2 Å². The lowest BCUT2D eigenvalue weighted by Gasteiger charge is -2.32. The van der Waals surface area contributed by atoms with Crippen molar-refractivity contribution in [2.75, 3.05) is 0 Å². The average Bonchev–Trinajstić information content (AvgIpc) is 3.47. The summed E-state index contributed by atoms with van der Waals surface area (Å²) in [4.78, 5) is 0. The molecule has 198 valence electrons. The Hall–Kier alpha value is -3.80. The molecule has 4 aromatic rings. The molecule has 1 fully saturated rings. The maximum Gasteiger partial charge on any atom is 0.494 e. The van der Waals surface area contributed by atoms with Crippen LogP contribution in [0.4, 0.5) is 0 Å². The van der Waals surface area contributed by atoms with E-state index < -0.39 is 18.3 Å². The van der Waals surface area contributed by atoms with E-state index in [1.165, 1.54) is 10.8 Å². The molecular weight excluding hydrogens is 479 g/mol. The molecule has 0 radical (unpaired) electrons. The van der Waals surface area contributed by atoms with Crippen LogP contribution in [0.5, 0.6) is 0 Å². The van der Waals surface area contributed by atoms with Crippen molar-refractivity contribution in [3.63, 3.8) is 0 Å². The number of allylic oxidation sites excluding steroid dienone is 10. The molecular formula is C34H37BN2O2. The van der Waals surface area contributed by atoms with Gasteiger partial charge in [-0.25, -0.2) is 0 Å². The minimum atomic E-state index is -0.441. The molecule has 1 saturated heterocycles.